The molecule has 59 heavy (non-hydrogen) atoms. The summed E-state index contributed by atoms with van der Waals surface area (Å²) in [5.41, 5.74) is 3.38. The van der Waals surface area contributed by atoms with Crippen LogP contribution in [0.4, 0.5) is 11.4 Å². The molecule has 15 heteroatoms. The van der Waals surface area contributed by atoms with Crippen molar-refractivity contribution in [3.8, 4) is 23.0 Å². The fourth-order valence-corrected chi connectivity index (χ4v) is 9.79. The van der Waals surface area contributed by atoms with Crippen molar-refractivity contribution in [1.82, 2.24) is 5.01 Å². The summed E-state index contributed by atoms with van der Waals surface area (Å²) in [6, 6.07) is 20.4. The SMILES string of the molecule is COc1ccc([C@@]23C(=O)N(Nc4ccc(Cl)cc4Cl)C(=O)[C@@H]2C[C@@H]2C(=CC[C@@H]4C(=O)N(c5cccc(C(=O)O)c5)C(=O)[C@@H]42)[C@@H]3C=Cc2cc(OC)c(O)c(OC)c2)cc1. The Morgan fingerprint density at radius 1 is 0.864 bits per heavy atom. The Morgan fingerprint density at radius 3 is 2.22 bits per heavy atom. The standard InChI is InChI=1S/C44H37Cl2N3O10/c1-57-27-11-8-24(9-12-27)44-31(15-7-22-17-35(58-2)38(50)36(18-22)59-3)28-13-14-29-37(41(53)48(39(29)51)26-6-4-5-23(19-26)42(54)55)30(28)21-32(44)40(52)49(43(44)56)47-34-16-10-25(45)20-33(34)46/h4-13,15-20,29-32,37,47,50H,14,21H2,1-3H3,(H,54,55)/t29-,30+,31-,32-,37-,44-/m0/s1. The molecule has 0 aromatic heterocycles. The number of nitrogens with zero attached hydrogens (tertiary/aromatic N) is 2. The highest BCUT2D eigenvalue weighted by Crippen LogP contribution is 2.62. The maximum Gasteiger partial charge on any atom is 0.335 e. The van der Waals surface area contributed by atoms with Gasteiger partial charge in [0.05, 0.1) is 66.5 Å². The summed E-state index contributed by atoms with van der Waals surface area (Å²) >= 11 is 12.7. The molecule has 2 aliphatic heterocycles. The molecule has 4 amide bonds. The minimum atomic E-state index is -1.60. The van der Waals surface area contributed by atoms with Crippen molar-refractivity contribution in [2.45, 2.75) is 18.3 Å². The van der Waals surface area contributed by atoms with Crippen molar-refractivity contribution in [3.63, 3.8) is 0 Å². The van der Waals surface area contributed by atoms with Crippen LogP contribution in [0.25, 0.3) is 6.08 Å². The topological polar surface area (TPSA) is 172 Å². The minimum Gasteiger partial charge on any atom is -0.502 e. The van der Waals surface area contributed by atoms with E-state index >= 15 is 4.79 Å². The molecule has 0 unspecified atom stereocenters. The predicted octanol–water partition coefficient (Wildman–Crippen LogP) is 7.16. The Hall–Kier alpha value is -6.31. The van der Waals surface area contributed by atoms with Gasteiger partial charge in [-0.15, -0.1) is 0 Å². The highest BCUT2D eigenvalue weighted by Gasteiger charge is 2.69. The number of methoxy groups -OCH3 is 3. The molecule has 4 aromatic rings. The lowest BCUT2D eigenvalue weighted by atomic mass is 9.50. The smallest absolute Gasteiger partial charge is 0.335 e. The zero-order chi connectivity index (χ0) is 41.9. The van der Waals surface area contributed by atoms with Gasteiger partial charge in [0, 0.05) is 10.9 Å². The van der Waals surface area contributed by atoms with Crippen molar-refractivity contribution in [1.29, 1.82) is 0 Å². The number of imide groups is 2. The molecule has 2 aliphatic carbocycles. The first-order chi connectivity index (χ1) is 28.3. The summed E-state index contributed by atoms with van der Waals surface area (Å²) in [6.07, 6.45) is 5.60. The molecule has 0 bridgehead atoms. The lowest BCUT2D eigenvalue weighted by Gasteiger charge is -2.49. The molecular formula is C44H37Cl2N3O10. The molecule has 6 atom stereocenters. The van der Waals surface area contributed by atoms with E-state index in [1.165, 1.54) is 51.7 Å². The Kier molecular flexibility index (Phi) is 10.1. The molecular weight excluding hydrogens is 801 g/mol. The third-order valence-electron chi connectivity index (χ3n) is 12.0. The van der Waals surface area contributed by atoms with Gasteiger partial charge in [-0.25, -0.2) is 4.79 Å². The first kappa shape index (κ1) is 39.5. The van der Waals surface area contributed by atoms with Crippen molar-refractivity contribution < 1.29 is 48.4 Å². The van der Waals surface area contributed by atoms with E-state index in [-0.39, 0.29) is 52.1 Å². The maximum atomic E-state index is 15.5. The van der Waals surface area contributed by atoms with E-state index in [4.69, 9.17) is 37.4 Å². The highest BCUT2D eigenvalue weighted by atomic mass is 35.5. The number of allylic oxidation sites excluding steroid dienone is 3. The summed E-state index contributed by atoms with van der Waals surface area (Å²) in [5.74, 6) is -7.16. The second-order valence-corrected chi connectivity index (χ2v) is 15.6. The second kappa shape index (κ2) is 15.1. The summed E-state index contributed by atoms with van der Waals surface area (Å²) in [6.45, 7) is 0. The third kappa shape index (κ3) is 6.27. The van der Waals surface area contributed by atoms with Crippen LogP contribution in [0.15, 0.2) is 96.6 Å². The van der Waals surface area contributed by atoms with Crippen LogP contribution in [0.3, 0.4) is 0 Å². The number of aromatic hydroxyl groups is 1. The molecule has 2 saturated heterocycles. The summed E-state index contributed by atoms with van der Waals surface area (Å²) in [5, 5.41) is 21.8. The Labute approximate surface area is 348 Å². The number of hydrogen-bond acceptors (Lipinski definition) is 10. The fourth-order valence-electron chi connectivity index (χ4n) is 9.34. The normalized spacial score (nSPS) is 24.8. The van der Waals surface area contributed by atoms with Crippen molar-refractivity contribution >= 4 is 70.3 Å². The summed E-state index contributed by atoms with van der Waals surface area (Å²) < 4.78 is 16.3. The van der Waals surface area contributed by atoms with E-state index in [1.807, 2.05) is 6.08 Å². The van der Waals surface area contributed by atoms with Crippen LogP contribution in [0.1, 0.15) is 34.3 Å². The number of aromatic carboxylic acids is 1. The van der Waals surface area contributed by atoms with Gasteiger partial charge in [0.2, 0.25) is 17.6 Å². The molecule has 3 N–H and O–H groups in total. The Morgan fingerprint density at radius 2 is 1.58 bits per heavy atom. The number of nitrogens with one attached hydrogen (secondary N) is 1. The predicted molar refractivity (Wildman–Crippen MR) is 218 cm³/mol. The van der Waals surface area contributed by atoms with E-state index < -0.39 is 64.6 Å². The number of phenols is 1. The van der Waals surface area contributed by atoms with Crippen LogP contribution in [0.2, 0.25) is 10.0 Å². The number of amides is 4. The zero-order valence-electron chi connectivity index (χ0n) is 31.8. The largest absolute Gasteiger partial charge is 0.502 e. The van der Waals surface area contributed by atoms with Gasteiger partial charge < -0.3 is 24.4 Å². The number of fused-ring (bicyclic) bond motifs is 4. The number of hydrogen-bond donors (Lipinski definition) is 3. The van der Waals surface area contributed by atoms with E-state index in [2.05, 4.69) is 5.43 Å². The maximum absolute atomic E-state index is 15.5. The molecule has 0 spiro atoms. The second-order valence-electron chi connectivity index (χ2n) is 14.8. The summed E-state index contributed by atoms with van der Waals surface area (Å²) in [7, 11) is 4.32. The molecule has 4 aliphatic rings. The zero-order valence-corrected chi connectivity index (χ0v) is 33.4. The monoisotopic (exact) mass is 837 g/mol. The van der Waals surface area contributed by atoms with Crippen molar-refractivity contribution in [2.24, 2.45) is 29.6 Å². The van der Waals surface area contributed by atoms with Gasteiger partial charge in [-0.05, 0) is 90.6 Å². The number of carboxylic acids is 1. The first-order valence-electron chi connectivity index (χ1n) is 18.6. The quantitative estimate of drug-likeness (QED) is 0.109. The van der Waals surface area contributed by atoms with E-state index in [1.54, 1.807) is 60.7 Å². The number of rotatable bonds is 10. The first-order valence-corrected chi connectivity index (χ1v) is 19.4. The van der Waals surface area contributed by atoms with Gasteiger partial charge >= 0.3 is 5.97 Å². The van der Waals surface area contributed by atoms with Crippen LogP contribution >= 0.6 is 23.2 Å². The number of ether oxygens (including phenoxy) is 3. The minimum absolute atomic E-state index is 0.0172. The van der Waals surface area contributed by atoms with Gasteiger partial charge in [0.15, 0.2) is 11.5 Å². The number of carboxylic acid groups (broad SMARTS) is 1. The molecule has 4 aromatic carbocycles. The molecule has 13 nitrogen and oxygen atoms in total. The Balaban J connectivity index is 1.31. The van der Waals surface area contributed by atoms with Crippen LogP contribution in [0, 0.1) is 29.6 Å². The fraction of sp³-hybridized carbons (Fsp3) is 0.250. The number of carbonyl (C=O) groups excluding carboxylic acids is 4. The van der Waals surface area contributed by atoms with Crippen LogP contribution in [-0.2, 0) is 24.6 Å². The van der Waals surface area contributed by atoms with E-state index in [9.17, 15) is 29.4 Å². The average Bonchev–Trinajstić information content (AvgIpc) is 3.62. The lowest BCUT2D eigenvalue weighted by molar-refractivity contribution is -0.139. The molecule has 2 heterocycles. The molecule has 8 rings (SSSR count). The van der Waals surface area contributed by atoms with E-state index in [0.29, 0.717) is 27.5 Å². The highest BCUT2D eigenvalue weighted by molar-refractivity contribution is 6.36. The number of carbonyl (C=O) groups is 5. The van der Waals surface area contributed by atoms with Crippen molar-refractivity contribution in [2.75, 3.05) is 31.7 Å². The van der Waals surface area contributed by atoms with Gasteiger partial charge in [0.1, 0.15) is 5.75 Å². The van der Waals surface area contributed by atoms with Crippen LogP contribution in [0.5, 0.6) is 23.0 Å². The van der Waals surface area contributed by atoms with Gasteiger partial charge in [0.25, 0.3) is 11.8 Å². The van der Waals surface area contributed by atoms with Gasteiger partial charge in [-0.2, -0.15) is 5.01 Å². The number of phenolic OH excluding ortho intramolecular Hbond substituents is 1. The molecule has 1 saturated carbocycles. The van der Waals surface area contributed by atoms with Gasteiger partial charge in [-0.1, -0.05) is 65.2 Å². The molecule has 3 fully saturated rings. The average molecular weight is 839 g/mol. The Bertz CT molecular complexity index is 2480. The molecule has 302 valence electrons. The molecule has 0 radical (unpaired) electrons. The summed E-state index contributed by atoms with van der Waals surface area (Å²) in [4.78, 5) is 72.1. The van der Waals surface area contributed by atoms with E-state index in [0.717, 1.165) is 9.91 Å². The number of benzene rings is 4. The van der Waals surface area contributed by atoms with Crippen LogP contribution in [-0.4, -0.2) is 66.1 Å². The van der Waals surface area contributed by atoms with Crippen LogP contribution < -0.4 is 24.5 Å². The lowest BCUT2D eigenvalue weighted by Crippen LogP contribution is -2.54. The van der Waals surface area contributed by atoms with Gasteiger partial charge in [-0.3, -0.25) is 29.5 Å². The van der Waals surface area contributed by atoms with Crippen molar-refractivity contribution in [3.05, 3.63) is 123 Å². The number of hydrazine groups is 1. The third-order valence-corrected chi connectivity index (χ3v) is 12.5. The number of anilines is 2. The number of halogens is 2.